The second-order valence-electron chi connectivity index (χ2n) is 8.77. The van der Waals surface area contributed by atoms with Crippen molar-refractivity contribution in [3.63, 3.8) is 0 Å². The quantitative estimate of drug-likeness (QED) is 0.392. The monoisotopic (exact) mass is 548 g/mol. The number of nitrogens with zero attached hydrogens (tertiary/aromatic N) is 1. The number of sulfone groups is 1. The number of fused-ring (bicyclic) bond motifs is 1. The number of hydrogen-bond donors (Lipinski definition) is 3. The molecule has 1 aliphatic rings. The number of carbonyl (C=O) groups is 3. The highest BCUT2D eigenvalue weighted by Crippen LogP contribution is 2.36. The summed E-state index contributed by atoms with van der Waals surface area (Å²) in [6, 6.07) is 7.74. The first-order chi connectivity index (χ1) is 17.5. The van der Waals surface area contributed by atoms with Crippen LogP contribution in [0, 0.1) is 12.7 Å². The summed E-state index contributed by atoms with van der Waals surface area (Å²) < 4.78 is 45.2. The summed E-state index contributed by atoms with van der Waals surface area (Å²) in [5.41, 5.74) is 2.17. The fraction of sp³-hybridized carbons (Fsp3) is 0.333. The fourth-order valence-electron chi connectivity index (χ4n) is 3.75. The van der Waals surface area contributed by atoms with E-state index in [0.29, 0.717) is 21.5 Å². The number of anilines is 1. The van der Waals surface area contributed by atoms with E-state index in [2.05, 4.69) is 25.7 Å². The molecule has 0 aliphatic heterocycles. The van der Waals surface area contributed by atoms with Crippen LogP contribution in [0.2, 0.25) is 0 Å². The Hall–Kier alpha value is -3.58. The van der Waals surface area contributed by atoms with Crippen molar-refractivity contribution in [2.75, 3.05) is 25.2 Å². The number of methoxy groups -OCH3 is 1. The molecule has 4 rings (SSSR count). The van der Waals surface area contributed by atoms with Crippen LogP contribution in [0.15, 0.2) is 30.3 Å². The zero-order valence-corrected chi connectivity index (χ0v) is 21.9. The molecule has 3 amide bonds. The Bertz CT molecular complexity index is 1500. The van der Waals surface area contributed by atoms with Crippen molar-refractivity contribution in [1.82, 2.24) is 15.6 Å². The lowest BCUT2D eigenvalue weighted by atomic mass is 9.99. The minimum absolute atomic E-state index is 0.0245. The molecule has 0 saturated heterocycles. The normalized spacial score (nSPS) is 14.2. The summed E-state index contributed by atoms with van der Waals surface area (Å²) in [6.45, 7) is 1.40. The molecule has 37 heavy (non-hydrogen) atoms. The highest BCUT2D eigenvalue weighted by atomic mass is 32.2. The smallest absolute Gasteiger partial charge is 0.411 e. The predicted octanol–water partition coefficient (Wildman–Crippen LogP) is 3.07. The van der Waals surface area contributed by atoms with Crippen LogP contribution in [-0.4, -0.2) is 57.3 Å². The molecule has 2 aromatic carbocycles. The van der Waals surface area contributed by atoms with Crippen LogP contribution >= 0.6 is 11.3 Å². The van der Waals surface area contributed by atoms with E-state index in [0.717, 1.165) is 30.4 Å². The number of hydrogen-bond acceptors (Lipinski definition) is 8. The lowest BCUT2D eigenvalue weighted by Gasteiger charge is -2.12. The van der Waals surface area contributed by atoms with Crippen LogP contribution < -0.4 is 16.0 Å². The Kier molecular flexibility index (Phi) is 7.46. The summed E-state index contributed by atoms with van der Waals surface area (Å²) in [7, 11) is -2.71. The molecule has 1 aliphatic carbocycles. The van der Waals surface area contributed by atoms with Crippen LogP contribution in [0.3, 0.4) is 0 Å². The molecule has 196 valence electrons. The molecule has 1 atom stereocenters. The van der Waals surface area contributed by atoms with Gasteiger partial charge in [0.1, 0.15) is 10.8 Å². The molecule has 1 heterocycles. The molecule has 0 spiro atoms. The lowest BCUT2D eigenvalue weighted by Crippen LogP contribution is -2.41. The van der Waals surface area contributed by atoms with Crippen LogP contribution in [-0.2, 0) is 24.2 Å². The first kappa shape index (κ1) is 26.5. The summed E-state index contributed by atoms with van der Waals surface area (Å²) in [5.74, 6) is -1.86. The number of thiazole rings is 1. The third-order valence-corrected chi connectivity index (χ3v) is 8.22. The van der Waals surface area contributed by atoms with Crippen LogP contribution in [0.25, 0.3) is 21.3 Å². The van der Waals surface area contributed by atoms with Gasteiger partial charge in [0.2, 0.25) is 11.8 Å². The minimum atomic E-state index is -3.95. The molecule has 1 aromatic heterocycles. The van der Waals surface area contributed by atoms with Gasteiger partial charge in [-0.25, -0.2) is 22.6 Å². The van der Waals surface area contributed by atoms with E-state index in [9.17, 15) is 22.8 Å². The summed E-state index contributed by atoms with van der Waals surface area (Å²) in [6.07, 6.45) is 2.03. The Balaban J connectivity index is 1.62. The van der Waals surface area contributed by atoms with Gasteiger partial charge in [-0.15, -0.1) is 11.3 Å². The molecule has 3 N–H and O–H groups in total. The summed E-state index contributed by atoms with van der Waals surface area (Å²) >= 11 is 0.962. The molecule has 1 unspecified atom stereocenters. The van der Waals surface area contributed by atoms with Gasteiger partial charge in [-0.2, -0.15) is 0 Å². The first-order valence-electron chi connectivity index (χ1n) is 11.3. The van der Waals surface area contributed by atoms with E-state index < -0.39 is 38.8 Å². The second-order valence-corrected chi connectivity index (χ2v) is 12.0. The highest BCUT2D eigenvalue weighted by molar-refractivity contribution is 7.91. The maximum Gasteiger partial charge on any atom is 0.411 e. The van der Waals surface area contributed by atoms with Gasteiger partial charge in [0.15, 0.2) is 15.1 Å². The maximum absolute atomic E-state index is 15.1. The van der Waals surface area contributed by atoms with Crippen molar-refractivity contribution >= 4 is 55.0 Å². The molecule has 0 bridgehead atoms. The lowest BCUT2D eigenvalue weighted by molar-refractivity contribution is -0.126. The number of aryl methyl sites for hydroxylation is 1. The van der Waals surface area contributed by atoms with Crippen molar-refractivity contribution in [1.29, 1.82) is 0 Å². The van der Waals surface area contributed by atoms with E-state index in [1.54, 1.807) is 31.2 Å². The SMILES string of the molecule is COC(=O)Nc1ccc(-c2cc3sc(C(C(=O)NCC(=O)NC4CC4)S(C)(=O)=O)nc3cc2F)c(C)c1. The van der Waals surface area contributed by atoms with Gasteiger partial charge >= 0.3 is 6.09 Å². The van der Waals surface area contributed by atoms with Crippen molar-refractivity contribution in [3.8, 4) is 11.1 Å². The number of nitrogens with one attached hydrogen (secondary N) is 3. The van der Waals surface area contributed by atoms with Crippen molar-refractivity contribution in [2.24, 2.45) is 0 Å². The molecule has 13 heteroatoms. The third kappa shape index (κ3) is 6.23. The van der Waals surface area contributed by atoms with Gasteiger partial charge in [-0.05, 0) is 49.1 Å². The van der Waals surface area contributed by atoms with Gasteiger partial charge in [0.05, 0.1) is 23.9 Å². The average Bonchev–Trinajstić information content (AvgIpc) is 3.54. The molecule has 10 nitrogen and oxygen atoms in total. The van der Waals surface area contributed by atoms with Crippen molar-refractivity contribution < 1.29 is 31.9 Å². The number of benzene rings is 2. The summed E-state index contributed by atoms with van der Waals surface area (Å²) in [4.78, 5) is 40.4. The largest absolute Gasteiger partial charge is 0.453 e. The molecular weight excluding hydrogens is 523 g/mol. The van der Waals surface area contributed by atoms with Crippen molar-refractivity contribution in [3.05, 3.63) is 46.7 Å². The van der Waals surface area contributed by atoms with Gasteiger partial charge in [-0.3, -0.25) is 14.9 Å². The number of amides is 3. The number of aromatic nitrogens is 1. The predicted molar refractivity (Wildman–Crippen MR) is 138 cm³/mol. The Labute approximate surface area is 216 Å². The zero-order chi connectivity index (χ0) is 26.9. The summed E-state index contributed by atoms with van der Waals surface area (Å²) in [5, 5.41) is 5.95. The molecule has 3 aromatic rings. The van der Waals surface area contributed by atoms with E-state index in [-0.39, 0.29) is 28.7 Å². The molecule has 0 radical (unpaired) electrons. The van der Waals surface area contributed by atoms with Gasteiger partial charge in [0.25, 0.3) is 0 Å². The van der Waals surface area contributed by atoms with E-state index >= 15 is 4.39 Å². The van der Waals surface area contributed by atoms with Gasteiger partial charge in [-0.1, -0.05) is 6.07 Å². The fourth-order valence-corrected chi connectivity index (χ4v) is 6.28. The molecule has 1 fully saturated rings. The number of ether oxygens (including phenoxy) is 1. The molecular formula is C24H25FN4O6S2. The van der Waals surface area contributed by atoms with E-state index in [4.69, 9.17) is 0 Å². The third-order valence-electron chi connectivity index (χ3n) is 5.70. The van der Waals surface area contributed by atoms with Crippen LogP contribution in [0.1, 0.15) is 28.7 Å². The highest BCUT2D eigenvalue weighted by Gasteiger charge is 2.34. The standard InChI is InChI=1S/C24H25FN4O6S2/c1-12-8-14(28-24(32)35-2)6-7-15(12)16-9-19-18(10-17(16)25)29-23(36-19)21(37(3,33)34)22(31)26-11-20(30)27-13-4-5-13/h6-10,13,21H,4-5,11H2,1-3H3,(H,26,31)(H,27,30)(H,28,32). The zero-order valence-electron chi connectivity index (χ0n) is 20.3. The first-order valence-corrected chi connectivity index (χ1v) is 14.0. The van der Waals surface area contributed by atoms with Gasteiger partial charge < -0.3 is 15.4 Å². The van der Waals surface area contributed by atoms with Gasteiger partial charge in [0, 0.05) is 29.6 Å². The topological polar surface area (TPSA) is 144 Å². The number of halogens is 1. The Morgan fingerprint density at radius 3 is 2.54 bits per heavy atom. The van der Waals surface area contributed by atoms with E-state index in [1.807, 2.05) is 0 Å². The number of carbonyl (C=O) groups excluding carboxylic acids is 3. The van der Waals surface area contributed by atoms with Crippen LogP contribution in [0.4, 0.5) is 14.9 Å². The average molecular weight is 549 g/mol. The second kappa shape index (κ2) is 10.4. The Morgan fingerprint density at radius 2 is 1.92 bits per heavy atom. The number of rotatable bonds is 8. The Morgan fingerprint density at radius 1 is 1.19 bits per heavy atom. The molecule has 1 saturated carbocycles. The van der Waals surface area contributed by atoms with Crippen molar-refractivity contribution in [2.45, 2.75) is 31.1 Å². The van der Waals surface area contributed by atoms with E-state index in [1.165, 1.54) is 13.2 Å². The maximum atomic E-state index is 15.1. The minimum Gasteiger partial charge on any atom is -0.453 e. The van der Waals surface area contributed by atoms with Crippen LogP contribution in [0.5, 0.6) is 0 Å².